The summed E-state index contributed by atoms with van der Waals surface area (Å²) in [6.07, 6.45) is 2.70. The van der Waals surface area contributed by atoms with Gasteiger partial charge in [0.15, 0.2) is 0 Å². The summed E-state index contributed by atoms with van der Waals surface area (Å²) in [5, 5.41) is 29.3. The number of nitrogens with two attached hydrogens (primary N) is 1. The molecule has 1 unspecified atom stereocenters. The molecule has 0 aromatic heterocycles. The summed E-state index contributed by atoms with van der Waals surface area (Å²) in [5.41, 5.74) is 4.41. The van der Waals surface area contributed by atoms with Crippen molar-refractivity contribution in [3.8, 4) is 0 Å². The fraction of sp³-hybridized carbons (Fsp3) is 0.308. The normalized spacial score (nSPS) is 15.8. The molecule has 108 valence electrons. The Morgan fingerprint density at radius 3 is 2.80 bits per heavy atom. The molecular weight excluding hydrogens is 264 g/mol. The topological polar surface area (TPSA) is 127 Å². The zero-order valence-corrected chi connectivity index (χ0v) is 10.9. The molecule has 2 atom stereocenters. The Kier molecular flexibility index (Phi) is 4.95. The third-order valence-corrected chi connectivity index (χ3v) is 2.67. The maximum Gasteiger partial charge on any atom is 0.320 e. The minimum Gasteiger partial charge on any atom is -0.480 e. The number of aliphatic hydroxyl groups is 1. The van der Waals surface area contributed by atoms with Crippen molar-refractivity contribution in [2.24, 2.45) is 5.73 Å². The van der Waals surface area contributed by atoms with E-state index in [0.717, 1.165) is 0 Å². The number of hydrogen-bond donors (Lipinski definition) is 3. The summed E-state index contributed by atoms with van der Waals surface area (Å²) in [5.74, 6) is -1.20. The van der Waals surface area contributed by atoms with Crippen LogP contribution in [0, 0.1) is 10.1 Å². The van der Waals surface area contributed by atoms with E-state index in [4.69, 9.17) is 10.8 Å². The number of non-ortho nitro benzene ring substituents is 1. The molecule has 0 aliphatic carbocycles. The zero-order valence-electron chi connectivity index (χ0n) is 10.9. The van der Waals surface area contributed by atoms with Crippen LogP contribution in [0.3, 0.4) is 0 Å². The van der Waals surface area contributed by atoms with Crippen LogP contribution in [-0.4, -0.2) is 32.7 Å². The minimum absolute atomic E-state index is 0.0611. The first kappa shape index (κ1) is 15.8. The summed E-state index contributed by atoms with van der Waals surface area (Å²) < 4.78 is 0. The van der Waals surface area contributed by atoms with Crippen molar-refractivity contribution < 1.29 is 19.9 Å². The molecule has 0 heterocycles. The van der Waals surface area contributed by atoms with Gasteiger partial charge in [-0.3, -0.25) is 14.9 Å². The number of rotatable bonds is 6. The van der Waals surface area contributed by atoms with Gasteiger partial charge in [-0.05, 0) is 12.5 Å². The fourth-order valence-electron chi connectivity index (χ4n) is 1.62. The number of aliphatic carboxylic acids is 1. The van der Waals surface area contributed by atoms with Gasteiger partial charge in [-0.2, -0.15) is 0 Å². The quantitative estimate of drug-likeness (QED) is 0.530. The molecule has 0 radical (unpaired) electrons. The molecule has 1 aromatic carbocycles. The Morgan fingerprint density at radius 1 is 1.60 bits per heavy atom. The van der Waals surface area contributed by atoms with Gasteiger partial charge in [0.25, 0.3) is 5.69 Å². The number of nitrogens with zero attached hydrogens (tertiary/aromatic N) is 1. The van der Waals surface area contributed by atoms with E-state index in [1.807, 2.05) is 0 Å². The number of nitro groups is 1. The number of carboxylic acids is 1. The average molecular weight is 280 g/mol. The molecule has 0 aliphatic rings. The van der Waals surface area contributed by atoms with Crippen molar-refractivity contribution in [3.05, 3.63) is 46.0 Å². The maximum absolute atomic E-state index is 10.6. The molecule has 0 saturated carbocycles. The Labute approximate surface area is 115 Å². The number of carboxylic acid groups (broad SMARTS) is 1. The number of benzene rings is 1. The standard InChI is InChI=1S/C13H16N2O5/c1-13(18,8-11(14)12(16)17)6-5-9-3-2-4-10(7-9)15(19)20/h2-7,11,18H,8,14H2,1H3,(H,16,17)/t11-,13?/m0/s1. The molecule has 0 spiro atoms. The second-order valence-corrected chi connectivity index (χ2v) is 4.69. The summed E-state index contributed by atoms with van der Waals surface area (Å²) in [4.78, 5) is 20.7. The summed E-state index contributed by atoms with van der Waals surface area (Å²) in [6, 6.07) is 4.69. The van der Waals surface area contributed by atoms with Gasteiger partial charge in [0, 0.05) is 18.6 Å². The maximum atomic E-state index is 10.6. The molecule has 0 saturated heterocycles. The van der Waals surface area contributed by atoms with Crippen molar-refractivity contribution in [2.45, 2.75) is 25.0 Å². The first-order chi connectivity index (χ1) is 9.21. The lowest BCUT2D eigenvalue weighted by atomic mass is 9.96. The largest absolute Gasteiger partial charge is 0.480 e. The van der Waals surface area contributed by atoms with Gasteiger partial charge in [-0.15, -0.1) is 0 Å². The van der Waals surface area contributed by atoms with Crippen LogP contribution in [0.5, 0.6) is 0 Å². The van der Waals surface area contributed by atoms with Gasteiger partial charge < -0.3 is 15.9 Å². The highest BCUT2D eigenvalue weighted by Gasteiger charge is 2.24. The highest BCUT2D eigenvalue weighted by molar-refractivity contribution is 5.73. The van der Waals surface area contributed by atoms with Crippen LogP contribution in [0.2, 0.25) is 0 Å². The molecule has 0 aliphatic heterocycles. The summed E-state index contributed by atoms with van der Waals surface area (Å²) in [6.45, 7) is 1.42. The molecule has 4 N–H and O–H groups in total. The fourth-order valence-corrected chi connectivity index (χ4v) is 1.62. The van der Waals surface area contributed by atoms with Crippen LogP contribution in [0.25, 0.3) is 6.08 Å². The highest BCUT2D eigenvalue weighted by Crippen LogP contribution is 2.18. The molecule has 20 heavy (non-hydrogen) atoms. The molecule has 0 bridgehead atoms. The third-order valence-electron chi connectivity index (χ3n) is 2.67. The molecule has 1 aromatic rings. The zero-order chi connectivity index (χ0) is 15.3. The van der Waals surface area contributed by atoms with E-state index in [1.165, 1.54) is 37.3 Å². The van der Waals surface area contributed by atoms with Crippen LogP contribution in [0.4, 0.5) is 5.69 Å². The molecule has 1 rings (SSSR count). The predicted octanol–water partition coefficient (Wildman–Crippen LogP) is 1.16. The SMILES string of the molecule is CC(O)(C=Cc1cccc([N+](=O)[O-])c1)C[C@H](N)C(=O)O. The van der Waals surface area contributed by atoms with Gasteiger partial charge in [0.05, 0.1) is 10.5 Å². The van der Waals surface area contributed by atoms with Gasteiger partial charge in [-0.25, -0.2) is 0 Å². The number of hydrogen-bond acceptors (Lipinski definition) is 5. The monoisotopic (exact) mass is 280 g/mol. The summed E-state index contributed by atoms with van der Waals surface area (Å²) in [7, 11) is 0. The van der Waals surface area contributed by atoms with Gasteiger partial charge in [-0.1, -0.05) is 24.3 Å². The van der Waals surface area contributed by atoms with Gasteiger partial charge in [0.2, 0.25) is 0 Å². The van der Waals surface area contributed by atoms with Gasteiger partial charge >= 0.3 is 5.97 Å². The van der Waals surface area contributed by atoms with Crippen molar-refractivity contribution in [3.63, 3.8) is 0 Å². The van der Waals surface area contributed by atoms with Crippen LogP contribution in [0.1, 0.15) is 18.9 Å². The van der Waals surface area contributed by atoms with E-state index in [2.05, 4.69) is 0 Å². The van der Waals surface area contributed by atoms with Crippen LogP contribution in [0.15, 0.2) is 30.3 Å². The van der Waals surface area contributed by atoms with E-state index in [0.29, 0.717) is 5.56 Å². The lowest BCUT2D eigenvalue weighted by Crippen LogP contribution is -2.38. The highest BCUT2D eigenvalue weighted by atomic mass is 16.6. The van der Waals surface area contributed by atoms with Crippen molar-refractivity contribution in [1.29, 1.82) is 0 Å². The molecule has 7 heteroatoms. The van der Waals surface area contributed by atoms with E-state index in [-0.39, 0.29) is 12.1 Å². The van der Waals surface area contributed by atoms with E-state index >= 15 is 0 Å². The Hall–Kier alpha value is -2.25. The molecular formula is C13H16N2O5. The molecule has 7 nitrogen and oxygen atoms in total. The van der Waals surface area contributed by atoms with Crippen molar-refractivity contribution >= 4 is 17.7 Å². The van der Waals surface area contributed by atoms with E-state index in [9.17, 15) is 20.0 Å². The first-order valence-corrected chi connectivity index (χ1v) is 5.86. The molecule has 0 fully saturated rings. The second-order valence-electron chi connectivity index (χ2n) is 4.69. The Bertz CT molecular complexity index is 539. The number of nitro benzene ring substituents is 1. The lowest BCUT2D eigenvalue weighted by Gasteiger charge is -2.21. The summed E-state index contributed by atoms with van der Waals surface area (Å²) >= 11 is 0. The second kappa shape index (κ2) is 6.27. The Balaban J connectivity index is 2.83. The number of carbonyl (C=O) groups is 1. The van der Waals surface area contributed by atoms with Crippen molar-refractivity contribution in [1.82, 2.24) is 0 Å². The van der Waals surface area contributed by atoms with Gasteiger partial charge in [0.1, 0.15) is 6.04 Å². The van der Waals surface area contributed by atoms with Crippen molar-refractivity contribution in [2.75, 3.05) is 0 Å². The molecule has 0 amide bonds. The smallest absolute Gasteiger partial charge is 0.320 e. The first-order valence-electron chi connectivity index (χ1n) is 5.86. The predicted molar refractivity (Wildman–Crippen MR) is 73.0 cm³/mol. The van der Waals surface area contributed by atoms with E-state index < -0.39 is 22.5 Å². The van der Waals surface area contributed by atoms with E-state index in [1.54, 1.807) is 6.07 Å². The average Bonchev–Trinajstić information content (AvgIpc) is 2.36. The van der Waals surface area contributed by atoms with Crippen LogP contribution in [-0.2, 0) is 4.79 Å². The van der Waals surface area contributed by atoms with Crippen LogP contribution >= 0.6 is 0 Å². The Morgan fingerprint density at radius 2 is 2.25 bits per heavy atom. The third kappa shape index (κ3) is 4.79. The lowest BCUT2D eigenvalue weighted by molar-refractivity contribution is -0.384. The van der Waals surface area contributed by atoms with Crippen LogP contribution < -0.4 is 5.73 Å². The minimum atomic E-state index is -1.41.